The van der Waals surface area contributed by atoms with Gasteiger partial charge in [-0.25, -0.2) is 17.9 Å². The van der Waals surface area contributed by atoms with Gasteiger partial charge in [0.1, 0.15) is 0 Å². The molecule has 0 aromatic heterocycles. The average Bonchev–Trinajstić information content (AvgIpc) is 3.03. The number of hydrogen-bond acceptors (Lipinski definition) is 6. The smallest absolute Gasteiger partial charge is 0.338 e. The Hall–Kier alpha value is -1.48. The quantitative estimate of drug-likeness (QED) is 0.673. The molecule has 24 heavy (non-hydrogen) atoms. The Labute approximate surface area is 142 Å². The first-order valence-corrected chi connectivity index (χ1v) is 9.41. The van der Waals surface area contributed by atoms with E-state index in [-0.39, 0.29) is 23.6 Å². The monoisotopic (exact) mass is 356 g/mol. The molecule has 0 radical (unpaired) electrons. The van der Waals surface area contributed by atoms with Crippen molar-refractivity contribution in [1.82, 2.24) is 10.0 Å². The Kier molecular flexibility index (Phi) is 6.34. The van der Waals surface area contributed by atoms with Crippen molar-refractivity contribution in [3.05, 3.63) is 29.8 Å². The maximum Gasteiger partial charge on any atom is 0.338 e. The molecule has 2 rings (SSSR count). The fourth-order valence-electron chi connectivity index (χ4n) is 2.77. The summed E-state index contributed by atoms with van der Waals surface area (Å²) in [5, 5.41) is 3.32. The molecule has 7 nitrogen and oxygen atoms in total. The fraction of sp³-hybridized carbons (Fsp3) is 0.562. The van der Waals surface area contributed by atoms with Crippen molar-refractivity contribution in [3.63, 3.8) is 0 Å². The maximum atomic E-state index is 12.4. The van der Waals surface area contributed by atoms with Crippen LogP contribution < -0.4 is 10.0 Å². The van der Waals surface area contributed by atoms with Crippen LogP contribution in [-0.4, -0.2) is 53.3 Å². The minimum absolute atomic E-state index is 0.112. The van der Waals surface area contributed by atoms with Crippen molar-refractivity contribution in [2.24, 2.45) is 0 Å². The molecular formula is C16H24N2O5S. The molecule has 0 bridgehead atoms. The molecule has 8 heteroatoms. The summed E-state index contributed by atoms with van der Waals surface area (Å²) in [4.78, 5) is 11.7. The molecular weight excluding hydrogens is 332 g/mol. The number of carbonyl (C=O) groups is 1. The van der Waals surface area contributed by atoms with Crippen LogP contribution >= 0.6 is 0 Å². The standard InChI is InChI=1S/C16H24N2O5S/c1-3-23-15(19)13-5-7-14(8-6-13)24(20,21)18-11-16(12-22-2)9-4-10-17-16/h5-8,17-18H,3-4,9-12H2,1-2H3. The summed E-state index contributed by atoms with van der Waals surface area (Å²) in [5.41, 5.74) is -0.0451. The largest absolute Gasteiger partial charge is 0.462 e. The van der Waals surface area contributed by atoms with Crippen molar-refractivity contribution >= 4 is 16.0 Å². The Morgan fingerprint density at radius 1 is 1.33 bits per heavy atom. The minimum atomic E-state index is -3.66. The summed E-state index contributed by atoms with van der Waals surface area (Å²) < 4.78 is 37.6. The second-order valence-corrected chi connectivity index (χ2v) is 7.58. The second-order valence-electron chi connectivity index (χ2n) is 5.81. The van der Waals surface area contributed by atoms with Gasteiger partial charge in [-0.15, -0.1) is 0 Å². The van der Waals surface area contributed by atoms with Crippen LogP contribution in [0, 0.1) is 0 Å². The summed E-state index contributed by atoms with van der Waals surface area (Å²) >= 11 is 0. The van der Waals surface area contributed by atoms with E-state index in [0.29, 0.717) is 12.2 Å². The van der Waals surface area contributed by atoms with Crippen molar-refractivity contribution in [2.45, 2.75) is 30.2 Å². The third-order valence-electron chi connectivity index (χ3n) is 4.03. The van der Waals surface area contributed by atoms with Gasteiger partial charge in [-0.05, 0) is 50.6 Å². The van der Waals surface area contributed by atoms with Crippen LogP contribution in [0.15, 0.2) is 29.2 Å². The van der Waals surface area contributed by atoms with E-state index >= 15 is 0 Å². The molecule has 1 aromatic rings. The molecule has 134 valence electrons. The van der Waals surface area contributed by atoms with Crippen molar-refractivity contribution in [2.75, 3.05) is 33.4 Å². The van der Waals surface area contributed by atoms with Crippen LogP contribution in [0.1, 0.15) is 30.1 Å². The number of benzene rings is 1. The topological polar surface area (TPSA) is 93.7 Å². The number of rotatable bonds is 8. The van der Waals surface area contributed by atoms with Gasteiger partial charge in [-0.3, -0.25) is 0 Å². The van der Waals surface area contributed by atoms with E-state index in [4.69, 9.17) is 9.47 Å². The van der Waals surface area contributed by atoms with E-state index in [2.05, 4.69) is 10.0 Å². The van der Waals surface area contributed by atoms with Gasteiger partial charge in [-0.1, -0.05) is 0 Å². The van der Waals surface area contributed by atoms with Gasteiger partial charge in [0.15, 0.2) is 0 Å². The molecule has 1 unspecified atom stereocenters. The Balaban J connectivity index is 2.05. The van der Waals surface area contributed by atoms with Crippen LogP contribution in [0.4, 0.5) is 0 Å². The minimum Gasteiger partial charge on any atom is -0.462 e. The SMILES string of the molecule is CCOC(=O)c1ccc(S(=O)(=O)NCC2(COC)CCCN2)cc1. The van der Waals surface area contributed by atoms with Gasteiger partial charge in [0.2, 0.25) is 10.0 Å². The second kappa shape index (κ2) is 8.06. The molecule has 0 spiro atoms. The van der Waals surface area contributed by atoms with Crippen LogP contribution in [-0.2, 0) is 19.5 Å². The van der Waals surface area contributed by atoms with Gasteiger partial charge in [-0.2, -0.15) is 0 Å². The van der Waals surface area contributed by atoms with Gasteiger partial charge in [0.05, 0.1) is 29.2 Å². The van der Waals surface area contributed by atoms with Gasteiger partial charge in [0, 0.05) is 13.7 Å². The molecule has 1 atom stereocenters. The van der Waals surface area contributed by atoms with Crippen LogP contribution in [0.25, 0.3) is 0 Å². The van der Waals surface area contributed by atoms with E-state index < -0.39 is 16.0 Å². The Morgan fingerprint density at radius 3 is 2.58 bits per heavy atom. The zero-order valence-corrected chi connectivity index (χ0v) is 14.8. The predicted molar refractivity (Wildman–Crippen MR) is 89.4 cm³/mol. The number of esters is 1. The van der Waals surface area contributed by atoms with Gasteiger partial charge < -0.3 is 14.8 Å². The number of hydrogen-bond donors (Lipinski definition) is 2. The van der Waals surface area contributed by atoms with Crippen LogP contribution in [0.2, 0.25) is 0 Å². The zero-order chi connectivity index (χ0) is 17.6. The van der Waals surface area contributed by atoms with E-state index in [1.165, 1.54) is 24.3 Å². The molecule has 0 saturated carbocycles. The summed E-state index contributed by atoms with van der Waals surface area (Å²) in [6.07, 6.45) is 1.84. The van der Waals surface area contributed by atoms with Crippen LogP contribution in [0.5, 0.6) is 0 Å². The lowest BCUT2D eigenvalue weighted by molar-refractivity contribution is 0.0526. The molecule has 1 saturated heterocycles. The first-order valence-electron chi connectivity index (χ1n) is 7.93. The van der Waals surface area contributed by atoms with Crippen molar-refractivity contribution < 1.29 is 22.7 Å². The first-order chi connectivity index (χ1) is 11.4. The molecule has 1 heterocycles. The number of ether oxygens (including phenoxy) is 2. The number of nitrogens with one attached hydrogen (secondary N) is 2. The molecule has 1 fully saturated rings. The Morgan fingerprint density at radius 2 is 2.04 bits per heavy atom. The highest BCUT2D eigenvalue weighted by molar-refractivity contribution is 7.89. The molecule has 1 aliphatic rings. The lowest BCUT2D eigenvalue weighted by Crippen LogP contribution is -2.52. The van der Waals surface area contributed by atoms with Crippen molar-refractivity contribution in [3.8, 4) is 0 Å². The first kappa shape index (κ1) is 18.9. The highest BCUT2D eigenvalue weighted by Gasteiger charge is 2.34. The van der Waals surface area contributed by atoms with Crippen LogP contribution in [0.3, 0.4) is 0 Å². The highest BCUT2D eigenvalue weighted by atomic mass is 32.2. The summed E-state index contributed by atoms with van der Waals surface area (Å²) in [5.74, 6) is -0.469. The zero-order valence-electron chi connectivity index (χ0n) is 14.0. The number of carbonyl (C=O) groups excluding carboxylic acids is 1. The summed E-state index contributed by atoms with van der Waals surface area (Å²) in [6.45, 7) is 3.53. The molecule has 0 amide bonds. The fourth-order valence-corrected chi connectivity index (χ4v) is 3.90. The normalized spacial score (nSPS) is 20.9. The van der Waals surface area contributed by atoms with Crippen molar-refractivity contribution in [1.29, 1.82) is 0 Å². The van der Waals surface area contributed by atoms with E-state index in [1.54, 1.807) is 14.0 Å². The highest BCUT2D eigenvalue weighted by Crippen LogP contribution is 2.20. The molecule has 1 aliphatic heterocycles. The third-order valence-corrected chi connectivity index (χ3v) is 5.45. The van der Waals surface area contributed by atoms with Gasteiger partial charge in [0.25, 0.3) is 0 Å². The maximum absolute atomic E-state index is 12.4. The van der Waals surface area contributed by atoms with E-state index in [9.17, 15) is 13.2 Å². The molecule has 0 aliphatic carbocycles. The molecule has 1 aromatic carbocycles. The summed E-state index contributed by atoms with van der Waals surface area (Å²) in [7, 11) is -2.06. The summed E-state index contributed by atoms with van der Waals surface area (Å²) in [6, 6.07) is 5.70. The number of sulfonamides is 1. The van der Waals surface area contributed by atoms with E-state index in [1.807, 2.05) is 0 Å². The third kappa shape index (κ3) is 4.54. The Bertz CT molecular complexity index is 652. The molecule has 2 N–H and O–H groups in total. The predicted octanol–water partition coefficient (Wildman–Crippen LogP) is 0.910. The van der Waals surface area contributed by atoms with Gasteiger partial charge >= 0.3 is 5.97 Å². The number of methoxy groups -OCH3 is 1. The average molecular weight is 356 g/mol. The lowest BCUT2D eigenvalue weighted by atomic mass is 9.99. The van der Waals surface area contributed by atoms with E-state index in [0.717, 1.165) is 19.4 Å². The lowest BCUT2D eigenvalue weighted by Gasteiger charge is -2.28.